The molecule has 9 heteroatoms. The van der Waals surface area contributed by atoms with E-state index in [-0.39, 0.29) is 17.4 Å². The Hall–Kier alpha value is -2.42. The first-order valence-corrected chi connectivity index (χ1v) is 8.05. The van der Waals surface area contributed by atoms with Gasteiger partial charge in [0.25, 0.3) is 5.91 Å². The first kappa shape index (κ1) is 19.6. The molecule has 1 rings (SSSR count). The summed E-state index contributed by atoms with van der Waals surface area (Å²) in [5.74, 6) is -2.25. The largest absolute Gasteiger partial charge is 0.448 e. The van der Waals surface area contributed by atoms with Gasteiger partial charge < -0.3 is 15.8 Å². The summed E-state index contributed by atoms with van der Waals surface area (Å²) < 4.78 is 5.27. The molecule has 0 radical (unpaired) electrons. The van der Waals surface area contributed by atoms with E-state index in [1.54, 1.807) is 20.8 Å². The van der Waals surface area contributed by atoms with Crippen molar-refractivity contribution in [2.75, 3.05) is 5.32 Å². The zero-order valence-corrected chi connectivity index (χ0v) is 15.0. The zero-order valence-electron chi connectivity index (χ0n) is 14.2. The summed E-state index contributed by atoms with van der Waals surface area (Å²) in [5.41, 5.74) is 5.78. The lowest BCUT2D eigenvalue weighted by atomic mass is 10.1. The maximum Gasteiger partial charge on any atom is 0.342 e. The highest BCUT2D eigenvalue weighted by molar-refractivity contribution is 7.16. The second kappa shape index (κ2) is 7.91. The number of urea groups is 1. The van der Waals surface area contributed by atoms with Crippen LogP contribution in [0.3, 0.4) is 0 Å². The molecular weight excluding hydrogens is 334 g/mol. The molecule has 0 fully saturated rings. The lowest BCUT2D eigenvalue weighted by molar-refractivity contribution is -0.130. The number of hydrogen-bond donors (Lipinski definition) is 3. The number of anilines is 1. The number of hydrogen-bond acceptors (Lipinski definition) is 6. The lowest BCUT2D eigenvalue weighted by Gasteiger charge is -2.20. The molecule has 0 aliphatic rings. The van der Waals surface area contributed by atoms with Gasteiger partial charge in [-0.25, -0.2) is 9.59 Å². The van der Waals surface area contributed by atoms with Crippen LogP contribution in [0.25, 0.3) is 0 Å². The molecule has 0 aromatic carbocycles. The molecule has 8 nitrogen and oxygen atoms in total. The highest BCUT2D eigenvalue weighted by atomic mass is 32.1. The fourth-order valence-electron chi connectivity index (χ4n) is 1.98. The van der Waals surface area contributed by atoms with Crippen LogP contribution in [0.4, 0.5) is 9.80 Å². The third-order valence-electron chi connectivity index (χ3n) is 3.22. The molecule has 1 heterocycles. The van der Waals surface area contributed by atoms with Gasteiger partial charge in [0.15, 0.2) is 6.10 Å². The molecule has 24 heavy (non-hydrogen) atoms. The molecule has 0 aliphatic heterocycles. The first-order valence-electron chi connectivity index (χ1n) is 7.23. The van der Waals surface area contributed by atoms with Crippen molar-refractivity contribution >= 4 is 40.2 Å². The average Bonchev–Trinajstić information content (AvgIpc) is 2.68. The summed E-state index contributed by atoms with van der Waals surface area (Å²) in [6, 6.07) is -1.02. The maximum absolute atomic E-state index is 12.5. The predicted octanol–water partition coefficient (Wildman–Crippen LogP) is 1.70. The molecule has 0 unspecified atom stereocenters. The van der Waals surface area contributed by atoms with E-state index in [2.05, 4.69) is 5.32 Å². The predicted molar refractivity (Wildman–Crippen MR) is 89.9 cm³/mol. The van der Waals surface area contributed by atoms with Crippen molar-refractivity contribution in [3.63, 3.8) is 0 Å². The van der Waals surface area contributed by atoms with Crippen LogP contribution in [0.1, 0.15) is 41.6 Å². The minimum absolute atomic E-state index is 0.199. The van der Waals surface area contributed by atoms with Crippen molar-refractivity contribution in [2.24, 2.45) is 11.7 Å². The first-order chi connectivity index (χ1) is 11.0. The average molecular weight is 355 g/mol. The Balaban J connectivity index is 3.10. The molecule has 1 atom stereocenters. The Morgan fingerprint density at radius 1 is 1.17 bits per heavy atom. The summed E-state index contributed by atoms with van der Waals surface area (Å²) in [7, 11) is 0. The van der Waals surface area contributed by atoms with E-state index < -0.39 is 24.0 Å². The van der Waals surface area contributed by atoms with Crippen molar-refractivity contribution in [1.82, 2.24) is 5.32 Å². The van der Waals surface area contributed by atoms with Crippen LogP contribution >= 0.6 is 11.3 Å². The van der Waals surface area contributed by atoms with Gasteiger partial charge in [-0.05, 0) is 25.3 Å². The van der Waals surface area contributed by atoms with Crippen LogP contribution < -0.4 is 16.4 Å². The van der Waals surface area contributed by atoms with Gasteiger partial charge in [-0.2, -0.15) is 0 Å². The van der Waals surface area contributed by atoms with E-state index in [4.69, 9.17) is 10.5 Å². The Kier molecular flexibility index (Phi) is 6.47. The van der Waals surface area contributed by atoms with Crippen molar-refractivity contribution in [2.45, 2.75) is 40.7 Å². The quantitative estimate of drug-likeness (QED) is 0.693. The van der Waals surface area contributed by atoms with Gasteiger partial charge in [-0.15, -0.1) is 11.3 Å². The summed E-state index contributed by atoms with van der Waals surface area (Å²) in [5, 5.41) is 4.85. The van der Waals surface area contributed by atoms with E-state index in [9.17, 15) is 19.2 Å². The smallest absolute Gasteiger partial charge is 0.342 e. The van der Waals surface area contributed by atoms with Crippen LogP contribution in [0.15, 0.2) is 0 Å². The van der Waals surface area contributed by atoms with Gasteiger partial charge >= 0.3 is 12.0 Å². The minimum Gasteiger partial charge on any atom is -0.448 e. The van der Waals surface area contributed by atoms with Gasteiger partial charge in [-0.3, -0.25) is 14.9 Å². The molecule has 0 bridgehead atoms. The van der Waals surface area contributed by atoms with E-state index in [0.29, 0.717) is 10.6 Å². The number of rotatable bonds is 5. The number of primary amides is 1. The molecule has 0 spiro atoms. The van der Waals surface area contributed by atoms with Gasteiger partial charge in [-0.1, -0.05) is 13.8 Å². The molecule has 0 saturated heterocycles. The monoisotopic (exact) mass is 355 g/mol. The Morgan fingerprint density at radius 2 is 1.75 bits per heavy atom. The van der Waals surface area contributed by atoms with Crippen LogP contribution in [-0.2, 0) is 14.3 Å². The Morgan fingerprint density at radius 3 is 2.21 bits per heavy atom. The van der Waals surface area contributed by atoms with Gasteiger partial charge in [0.1, 0.15) is 5.00 Å². The Bertz CT molecular complexity index is 681. The van der Waals surface area contributed by atoms with E-state index >= 15 is 0 Å². The third-order valence-corrected chi connectivity index (χ3v) is 4.35. The van der Waals surface area contributed by atoms with E-state index in [0.717, 1.165) is 4.88 Å². The van der Waals surface area contributed by atoms with E-state index in [1.807, 2.05) is 12.2 Å². The zero-order chi connectivity index (χ0) is 18.6. The second-order valence-corrected chi connectivity index (χ2v) is 6.82. The fraction of sp³-hybridized carbons (Fsp3) is 0.467. The van der Waals surface area contributed by atoms with Gasteiger partial charge in [0.2, 0.25) is 5.91 Å². The number of imide groups is 1. The second-order valence-electron chi connectivity index (χ2n) is 5.59. The number of esters is 1. The van der Waals surface area contributed by atoms with Crippen LogP contribution in [0.2, 0.25) is 0 Å². The number of aryl methyl sites for hydroxylation is 1. The molecular formula is C15H21N3O5S. The van der Waals surface area contributed by atoms with Crippen molar-refractivity contribution in [3.05, 3.63) is 16.0 Å². The molecule has 4 N–H and O–H groups in total. The number of amides is 4. The normalized spacial score (nSPS) is 11.8. The fourth-order valence-corrected chi connectivity index (χ4v) is 3.07. The Labute approximate surface area is 143 Å². The number of nitrogens with two attached hydrogens (primary N) is 1. The van der Waals surface area contributed by atoms with Crippen LogP contribution in [0, 0.1) is 19.8 Å². The van der Waals surface area contributed by atoms with Gasteiger partial charge in [0, 0.05) is 11.8 Å². The highest BCUT2D eigenvalue weighted by Gasteiger charge is 2.30. The topological polar surface area (TPSA) is 128 Å². The summed E-state index contributed by atoms with van der Waals surface area (Å²) in [4.78, 5) is 47.4. The minimum atomic E-state index is -1.19. The van der Waals surface area contributed by atoms with Crippen LogP contribution in [-0.4, -0.2) is 29.9 Å². The number of carbonyl (C=O) groups is 4. The van der Waals surface area contributed by atoms with Gasteiger partial charge in [0.05, 0.1) is 5.56 Å². The SMILES string of the molecule is CC(=O)Nc1sc(C)c(C)c1C(=O)O[C@H](C(=O)NC(N)=O)C(C)C. The summed E-state index contributed by atoms with van der Waals surface area (Å²) in [6.45, 7) is 8.19. The van der Waals surface area contributed by atoms with Crippen molar-refractivity contribution in [1.29, 1.82) is 0 Å². The molecule has 0 saturated carbocycles. The molecule has 1 aromatic heterocycles. The van der Waals surface area contributed by atoms with Crippen molar-refractivity contribution in [3.8, 4) is 0 Å². The standard InChI is InChI=1S/C15H21N3O5S/c1-6(2)11(12(20)18-15(16)22)23-14(21)10-7(3)8(4)24-13(10)17-9(5)19/h6,11H,1-5H3,(H,17,19)(H3,16,18,20,22)/t11-/m0/s1. The van der Waals surface area contributed by atoms with E-state index in [1.165, 1.54) is 18.3 Å². The maximum atomic E-state index is 12.5. The summed E-state index contributed by atoms with van der Waals surface area (Å²) in [6.07, 6.45) is -1.19. The number of carbonyl (C=O) groups excluding carboxylic acids is 4. The highest BCUT2D eigenvalue weighted by Crippen LogP contribution is 2.33. The number of nitrogens with one attached hydrogen (secondary N) is 2. The third kappa shape index (κ3) is 4.79. The van der Waals surface area contributed by atoms with Crippen LogP contribution in [0.5, 0.6) is 0 Å². The number of thiophene rings is 1. The lowest BCUT2D eigenvalue weighted by Crippen LogP contribution is -2.45. The molecule has 0 aliphatic carbocycles. The number of ether oxygens (including phenoxy) is 1. The molecule has 4 amide bonds. The molecule has 1 aromatic rings. The summed E-state index contributed by atoms with van der Waals surface area (Å²) >= 11 is 1.24. The molecule has 132 valence electrons. The van der Waals surface area contributed by atoms with Crippen molar-refractivity contribution < 1.29 is 23.9 Å².